The third-order valence-electron chi connectivity index (χ3n) is 6.04. The van der Waals surface area contributed by atoms with Gasteiger partial charge < -0.3 is 25.7 Å². The average Bonchev–Trinajstić information content (AvgIpc) is 3.08. The molecule has 0 unspecified atom stereocenters. The highest BCUT2D eigenvalue weighted by Crippen LogP contribution is 2.28. The summed E-state index contributed by atoms with van der Waals surface area (Å²) in [6, 6.07) is 7.84. The summed E-state index contributed by atoms with van der Waals surface area (Å²) in [4.78, 5) is 22.7. The highest BCUT2D eigenvalue weighted by molar-refractivity contribution is 6.06. The quantitative estimate of drug-likeness (QED) is 0.581. The Bertz CT molecular complexity index is 1040. The number of fused-ring (bicyclic) bond motifs is 3. The fraction of sp³-hybridized carbons (Fsp3) is 0.500. The zero-order chi connectivity index (χ0) is 21.1. The van der Waals surface area contributed by atoms with E-state index < -0.39 is 0 Å². The molecule has 2 amide bonds. The first-order valence-electron chi connectivity index (χ1n) is 10.7. The second kappa shape index (κ2) is 8.87. The van der Waals surface area contributed by atoms with Gasteiger partial charge in [0.05, 0.1) is 24.2 Å². The predicted octanol–water partition coefficient (Wildman–Crippen LogP) is 3.21. The molecule has 3 aromatic rings. The standard InChI is InChI=1S/C22H30N6O2/c1-15-25-19-20(17-9-5-6-10-18(17)26-21(19)23)27(15)11-13-30-14-12-28(22(24)29)16-7-3-2-4-8-16/h5-6,9-10,16H,2-4,7-8,11-14H2,1H3,(H2,23,26)(H2,24,29). The van der Waals surface area contributed by atoms with E-state index in [-0.39, 0.29) is 12.1 Å². The van der Waals surface area contributed by atoms with Crippen molar-refractivity contribution in [1.29, 1.82) is 0 Å². The van der Waals surface area contributed by atoms with Crippen molar-refractivity contribution >= 4 is 33.8 Å². The Kier molecular flexibility index (Phi) is 6.03. The van der Waals surface area contributed by atoms with Gasteiger partial charge in [0, 0.05) is 24.5 Å². The van der Waals surface area contributed by atoms with Gasteiger partial charge in [-0.05, 0) is 25.8 Å². The zero-order valence-corrected chi connectivity index (χ0v) is 17.5. The normalized spacial score (nSPS) is 15.1. The number of carbonyl (C=O) groups excluding carboxylic acids is 1. The second-order valence-corrected chi connectivity index (χ2v) is 7.96. The van der Waals surface area contributed by atoms with Crippen molar-refractivity contribution < 1.29 is 9.53 Å². The van der Waals surface area contributed by atoms with Crippen LogP contribution >= 0.6 is 0 Å². The maximum atomic E-state index is 11.9. The number of hydrogen-bond donors (Lipinski definition) is 2. The van der Waals surface area contributed by atoms with Gasteiger partial charge in [-0.1, -0.05) is 37.5 Å². The molecule has 2 aromatic heterocycles. The monoisotopic (exact) mass is 410 g/mol. The van der Waals surface area contributed by atoms with Crippen molar-refractivity contribution in [1.82, 2.24) is 19.4 Å². The Labute approximate surface area is 176 Å². The number of urea groups is 1. The molecule has 1 fully saturated rings. The second-order valence-electron chi connectivity index (χ2n) is 7.96. The number of carbonyl (C=O) groups is 1. The minimum atomic E-state index is -0.351. The molecule has 0 atom stereocenters. The van der Waals surface area contributed by atoms with Gasteiger partial charge in [0.25, 0.3) is 0 Å². The third kappa shape index (κ3) is 4.05. The Morgan fingerprint density at radius 1 is 1.20 bits per heavy atom. The number of rotatable bonds is 7. The van der Waals surface area contributed by atoms with Crippen LogP contribution in [-0.2, 0) is 11.3 Å². The molecule has 0 saturated heterocycles. The summed E-state index contributed by atoms with van der Waals surface area (Å²) in [7, 11) is 0. The number of amides is 2. The van der Waals surface area contributed by atoms with E-state index in [9.17, 15) is 4.79 Å². The van der Waals surface area contributed by atoms with Gasteiger partial charge in [0.2, 0.25) is 0 Å². The summed E-state index contributed by atoms with van der Waals surface area (Å²) in [5, 5.41) is 1.03. The van der Waals surface area contributed by atoms with Crippen LogP contribution in [0.5, 0.6) is 0 Å². The van der Waals surface area contributed by atoms with Gasteiger partial charge in [0.1, 0.15) is 11.3 Å². The largest absolute Gasteiger partial charge is 0.382 e. The highest BCUT2D eigenvalue weighted by Gasteiger charge is 2.23. The van der Waals surface area contributed by atoms with Crippen molar-refractivity contribution in [3.05, 3.63) is 30.1 Å². The molecule has 0 aliphatic heterocycles. The number of ether oxygens (including phenoxy) is 1. The predicted molar refractivity (Wildman–Crippen MR) is 118 cm³/mol. The lowest BCUT2D eigenvalue weighted by atomic mass is 9.94. The van der Waals surface area contributed by atoms with Crippen molar-refractivity contribution in [3.63, 3.8) is 0 Å². The molecule has 0 spiro atoms. The minimum Gasteiger partial charge on any atom is -0.382 e. The van der Waals surface area contributed by atoms with E-state index in [1.54, 1.807) is 4.90 Å². The molecule has 1 saturated carbocycles. The lowest BCUT2D eigenvalue weighted by molar-refractivity contribution is 0.0878. The zero-order valence-electron chi connectivity index (χ0n) is 17.5. The Morgan fingerprint density at radius 3 is 2.73 bits per heavy atom. The van der Waals surface area contributed by atoms with E-state index in [0.29, 0.717) is 32.1 Å². The molecular weight excluding hydrogens is 380 g/mol. The number of hydrogen-bond acceptors (Lipinski definition) is 5. The molecule has 4 rings (SSSR count). The molecule has 160 valence electrons. The molecule has 0 radical (unpaired) electrons. The molecule has 8 heteroatoms. The van der Waals surface area contributed by atoms with Crippen LogP contribution in [0, 0.1) is 6.92 Å². The number of aromatic nitrogens is 3. The number of aryl methyl sites for hydroxylation is 1. The highest BCUT2D eigenvalue weighted by atomic mass is 16.5. The summed E-state index contributed by atoms with van der Waals surface area (Å²) in [5.41, 5.74) is 14.3. The van der Waals surface area contributed by atoms with Crippen LogP contribution in [0.3, 0.4) is 0 Å². The lowest BCUT2D eigenvalue weighted by Crippen LogP contribution is -2.46. The first-order chi connectivity index (χ1) is 14.6. The Hall–Kier alpha value is -2.87. The van der Waals surface area contributed by atoms with Gasteiger partial charge in [-0.15, -0.1) is 0 Å². The van der Waals surface area contributed by atoms with Crippen LogP contribution in [-0.4, -0.2) is 51.3 Å². The van der Waals surface area contributed by atoms with Gasteiger partial charge in [0.15, 0.2) is 5.82 Å². The molecule has 2 heterocycles. The molecule has 1 aliphatic carbocycles. The summed E-state index contributed by atoms with van der Waals surface area (Å²) < 4.78 is 8.01. The van der Waals surface area contributed by atoms with Gasteiger partial charge in [-0.3, -0.25) is 0 Å². The first kappa shape index (κ1) is 20.4. The average molecular weight is 411 g/mol. The third-order valence-corrected chi connectivity index (χ3v) is 6.04. The number of nitrogens with two attached hydrogens (primary N) is 2. The summed E-state index contributed by atoms with van der Waals surface area (Å²) >= 11 is 0. The fourth-order valence-electron chi connectivity index (χ4n) is 4.53. The minimum absolute atomic E-state index is 0.251. The van der Waals surface area contributed by atoms with E-state index >= 15 is 0 Å². The van der Waals surface area contributed by atoms with E-state index in [1.807, 2.05) is 31.2 Å². The summed E-state index contributed by atoms with van der Waals surface area (Å²) in [6.07, 6.45) is 5.63. The van der Waals surface area contributed by atoms with Gasteiger partial charge in [-0.2, -0.15) is 0 Å². The maximum absolute atomic E-state index is 11.9. The van der Waals surface area contributed by atoms with E-state index in [0.717, 1.165) is 53.4 Å². The summed E-state index contributed by atoms with van der Waals surface area (Å²) in [5.74, 6) is 1.32. The lowest BCUT2D eigenvalue weighted by Gasteiger charge is -2.33. The first-order valence-corrected chi connectivity index (χ1v) is 10.7. The number of imidazole rings is 1. The van der Waals surface area contributed by atoms with Crippen molar-refractivity contribution in [2.45, 2.75) is 51.6 Å². The van der Waals surface area contributed by atoms with Crippen LogP contribution in [0.15, 0.2) is 24.3 Å². The Balaban J connectivity index is 1.42. The number of benzene rings is 1. The number of anilines is 1. The molecule has 0 bridgehead atoms. The van der Waals surface area contributed by atoms with Crippen LogP contribution in [0.1, 0.15) is 37.9 Å². The number of primary amides is 1. The topological polar surface area (TPSA) is 112 Å². The number of nitrogens with zero attached hydrogens (tertiary/aromatic N) is 4. The van der Waals surface area contributed by atoms with Crippen molar-refractivity contribution in [3.8, 4) is 0 Å². The molecule has 1 aliphatic rings. The number of nitrogen functional groups attached to an aromatic ring is 1. The van der Waals surface area contributed by atoms with Crippen LogP contribution < -0.4 is 11.5 Å². The van der Waals surface area contributed by atoms with Crippen LogP contribution in [0.2, 0.25) is 0 Å². The molecular formula is C22H30N6O2. The fourth-order valence-corrected chi connectivity index (χ4v) is 4.53. The number of pyridine rings is 1. The van der Waals surface area contributed by atoms with Gasteiger partial charge >= 0.3 is 6.03 Å². The van der Waals surface area contributed by atoms with Crippen molar-refractivity contribution in [2.75, 3.05) is 25.5 Å². The van der Waals surface area contributed by atoms with E-state index in [1.165, 1.54) is 6.42 Å². The van der Waals surface area contributed by atoms with E-state index in [2.05, 4.69) is 14.5 Å². The molecule has 1 aromatic carbocycles. The Morgan fingerprint density at radius 2 is 1.97 bits per heavy atom. The van der Waals surface area contributed by atoms with E-state index in [4.69, 9.17) is 16.2 Å². The molecule has 4 N–H and O–H groups in total. The van der Waals surface area contributed by atoms with Crippen LogP contribution in [0.25, 0.3) is 21.9 Å². The van der Waals surface area contributed by atoms with Crippen LogP contribution in [0.4, 0.5) is 10.6 Å². The molecule has 30 heavy (non-hydrogen) atoms. The SMILES string of the molecule is Cc1nc2c(N)nc3ccccc3c2n1CCOCCN(C(N)=O)C1CCCCC1. The smallest absolute Gasteiger partial charge is 0.315 e. The summed E-state index contributed by atoms with van der Waals surface area (Å²) in [6.45, 7) is 4.13. The number of para-hydroxylation sites is 1. The molecule has 8 nitrogen and oxygen atoms in total. The maximum Gasteiger partial charge on any atom is 0.315 e. The van der Waals surface area contributed by atoms with Crippen molar-refractivity contribution in [2.24, 2.45) is 5.73 Å². The van der Waals surface area contributed by atoms with Gasteiger partial charge in [-0.25, -0.2) is 14.8 Å².